The molecule has 1 aromatic rings. The molecule has 16 heavy (non-hydrogen) atoms. The number of esters is 1. The van der Waals surface area contributed by atoms with Gasteiger partial charge < -0.3 is 15.6 Å². The Bertz CT molecular complexity index is 384. The molecule has 1 rings (SSSR count). The number of carbonyl (C=O) groups excluding carboxylic acids is 1. The Kier molecular flexibility index (Phi) is 4.08. The van der Waals surface area contributed by atoms with Crippen LogP contribution in [0.3, 0.4) is 0 Å². The van der Waals surface area contributed by atoms with Gasteiger partial charge in [0.15, 0.2) is 11.4 Å². The van der Waals surface area contributed by atoms with Crippen LogP contribution in [0.25, 0.3) is 0 Å². The lowest BCUT2D eigenvalue weighted by atomic mass is 10.1. The molecule has 0 amide bonds. The molecule has 0 saturated carbocycles. The van der Waals surface area contributed by atoms with E-state index in [4.69, 9.17) is 5.73 Å². The maximum absolute atomic E-state index is 11.2. The van der Waals surface area contributed by atoms with Crippen LogP contribution in [0.4, 0.5) is 5.82 Å². The number of nitrogen functional groups attached to an aromatic ring is 1. The Morgan fingerprint density at radius 1 is 1.62 bits per heavy atom. The molecule has 0 spiro atoms. The molecule has 0 aliphatic rings. The van der Waals surface area contributed by atoms with E-state index in [0.29, 0.717) is 5.03 Å². The van der Waals surface area contributed by atoms with Crippen LogP contribution in [0.15, 0.2) is 17.4 Å². The van der Waals surface area contributed by atoms with E-state index in [1.54, 1.807) is 0 Å². The maximum atomic E-state index is 11.2. The molecule has 0 aromatic carbocycles. The largest absolute Gasteiger partial charge is 0.467 e. The minimum Gasteiger partial charge on any atom is -0.467 e. The number of anilines is 1. The summed E-state index contributed by atoms with van der Waals surface area (Å²) in [5.41, 5.74) is 4.00. The molecule has 1 atom stereocenters. The number of thioether (sulfide) groups is 1. The van der Waals surface area contributed by atoms with E-state index in [9.17, 15) is 9.90 Å². The van der Waals surface area contributed by atoms with Crippen LogP contribution in [0.5, 0.6) is 0 Å². The fourth-order valence-electron chi connectivity index (χ4n) is 0.935. The predicted octanol–water partition coefficient (Wildman–Crippen LogP) is 0.0749. The van der Waals surface area contributed by atoms with Gasteiger partial charge in [0.25, 0.3) is 0 Å². The second kappa shape index (κ2) is 5.13. The summed E-state index contributed by atoms with van der Waals surface area (Å²) in [6.45, 7) is 1.37. The van der Waals surface area contributed by atoms with Crippen LogP contribution in [0.2, 0.25) is 0 Å². The first kappa shape index (κ1) is 12.7. The van der Waals surface area contributed by atoms with Gasteiger partial charge in [-0.3, -0.25) is 0 Å². The monoisotopic (exact) mass is 243 g/mol. The van der Waals surface area contributed by atoms with Crippen molar-refractivity contribution in [1.82, 2.24) is 9.97 Å². The van der Waals surface area contributed by atoms with Crippen molar-refractivity contribution in [3.8, 4) is 0 Å². The molecule has 0 aliphatic carbocycles. The fraction of sp³-hybridized carbons (Fsp3) is 0.444. The number of hydrogen-bond acceptors (Lipinski definition) is 7. The molecule has 1 aromatic heterocycles. The van der Waals surface area contributed by atoms with E-state index in [2.05, 4.69) is 14.7 Å². The van der Waals surface area contributed by atoms with Crippen LogP contribution in [0, 0.1) is 0 Å². The summed E-state index contributed by atoms with van der Waals surface area (Å²) in [7, 11) is 1.22. The third-order valence-corrected chi connectivity index (χ3v) is 3.10. The van der Waals surface area contributed by atoms with E-state index < -0.39 is 11.6 Å². The van der Waals surface area contributed by atoms with E-state index in [1.807, 2.05) is 0 Å². The first-order valence-electron chi connectivity index (χ1n) is 4.47. The molecule has 0 aliphatic heterocycles. The molecule has 1 unspecified atom stereocenters. The number of hydrogen-bond donors (Lipinski definition) is 2. The van der Waals surface area contributed by atoms with Crippen molar-refractivity contribution in [2.24, 2.45) is 0 Å². The highest BCUT2D eigenvalue weighted by molar-refractivity contribution is 7.99. The average Bonchev–Trinajstić information content (AvgIpc) is 2.27. The van der Waals surface area contributed by atoms with Crippen LogP contribution >= 0.6 is 11.8 Å². The summed E-state index contributed by atoms with van der Waals surface area (Å²) < 4.78 is 4.46. The lowest BCUT2D eigenvalue weighted by molar-refractivity contribution is -0.158. The molecule has 0 bridgehead atoms. The summed E-state index contributed by atoms with van der Waals surface area (Å²) in [4.78, 5) is 19.0. The van der Waals surface area contributed by atoms with E-state index in [1.165, 1.54) is 26.4 Å². The minimum atomic E-state index is -1.57. The fourth-order valence-corrected chi connectivity index (χ4v) is 1.81. The molecular formula is C9H13N3O3S. The Morgan fingerprint density at radius 2 is 2.25 bits per heavy atom. The Labute approximate surface area is 97.2 Å². The molecule has 3 N–H and O–H groups in total. The van der Waals surface area contributed by atoms with Gasteiger partial charge >= 0.3 is 5.97 Å². The zero-order valence-corrected chi connectivity index (χ0v) is 9.82. The molecule has 0 fully saturated rings. The van der Waals surface area contributed by atoms with Crippen molar-refractivity contribution in [2.75, 3.05) is 18.6 Å². The van der Waals surface area contributed by atoms with Gasteiger partial charge in [-0.1, -0.05) is 11.8 Å². The standard InChI is InChI=1S/C9H13N3O3S/c1-9(14,8(13)15-2)5-16-7-6(10)11-3-4-12-7/h3-4,14H,5H2,1-2H3,(H2,10,11). The summed E-state index contributed by atoms with van der Waals surface area (Å²) >= 11 is 1.15. The number of rotatable bonds is 4. The number of carbonyl (C=O) groups is 1. The normalized spacial score (nSPS) is 14.2. The molecule has 88 valence electrons. The van der Waals surface area contributed by atoms with Crippen LogP contribution < -0.4 is 5.73 Å². The summed E-state index contributed by atoms with van der Waals surface area (Å²) in [6, 6.07) is 0. The first-order chi connectivity index (χ1) is 7.47. The van der Waals surface area contributed by atoms with E-state index in [-0.39, 0.29) is 11.6 Å². The summed E-state index contributed by atoms with van der Waals surface area (Å²) in [5, 5.41) is 10.2. The van der Waals surface area contributed by atoms with Gasteiger partial charge in [-0.05, 0) is 6.92 Å². The molecule has 0 radical (unpaired) electrons. The van der Waals surface area contributed by atoms with Crippen molar-refractivity contribution < 1.29 is 14.6 Å². The highest BCUT2D eigenvalue weighted by Crippen LogP contribution is 2.24. The van der Waals surface area contributed by atoms with Gasteiger partial charge in [0.05, 0.1) is 7.11 Å². The zero-order valence-electron chi connectivity index (χ0n) is 9.01. The van der Waals surface area contributed by atoms with Gasteiger partial charge in [0.1, 0.15) is 5.03 Å². The van der Waals surface area contributed by atoms with Gasteiger partial charge in [-0.15, -0.1) is 0 Å². The second-order valence-electron chi connectivity index (χ2n) is 3.30. The van der Waals surface area contributed by atoms with Crippen molar-refractivity contribution in [3.05, 3.63) is 12.4 Å². The smallest absolute Gasteiger partial charge is 0.338 e. The predicted molar refractivity (Wildman–Crippen MR) is 59.8 cm³/mol. The van der Waals surface area contributed by atoms with Gasteiger partial charge in [-0.25, -0.2) is 14.8 Å². The van der Waals surface area contributed by atoms with Crippen LogP contribution in [0.1, 0.15) is 6.92 Å². The molecule has 7 heteroatoms. The highest BCUT2D eigenvalue weighted by atomic mass is 32.2. The summed E-state index contributed by atoms with van der Waals surface area (Å²) in [5.74, 6) is -0.321. The maximum Gasteiger partial charge on any atom is 0.338 e. The lowest BCUT2D eigenvalue weighted by Crippen LogP contribution is -2.38. The quantitative estimate of drug-likeness (QED) is 0.570. The first-order valence-corrected chi connectivity index (χ1v) is 5.46. The molecule has 1 heterocycles. The average molecular weight is 243 g/mol. The van der Waals surface area contributed by atoms with Gasteiger partial charge in [-0.2, -0.15) is 0 Å². The summed E-state index contributed by atoms with van der Waals surface area (Å²) in [6.07, 6.45) is 2.96. The molecule has 6 nitrogen and oxygen atoms in total. The van der Waals surface area contributed by atoms with Crippen molar-refractivity contribution in [2.45, 2.75) is 17.6 Å². The third-order valence-electron chi connectivity index (χ3n) is 1.81. The number of nitrogens with two attached hydrogens (primary N) is 1. The molecule has 0 saturated heterocycles. The number of ether oxygens (including phenoxy) is 1. The zero-order chi connectivity index (χ0) is 12.2. The van der Waals surface area contributed by atoms with Gasteiger partial charge in [0, 0.05) is 18.1 Å². The lowest BCUT2D eigenvalue weighted by Gasteiger charge is -2.19. The molecular weight excluding hydrogens is 230 g/mol. The number of aliphatic hydroxyl groups is 1. The van der Waals surface area contributed by atoms with E-state index in [0.717, 1.165) is 11.8 Å². The van der Waals surface area contributed by atoms with E-state index >= 15 is 0 Å². The Morgan fingerprint density at radius 3 is 2.81 bits per heavy atom. The number of nitrogens with zero attached hydrogens (tertiary/aromatic N) is 2. The van der Waals surface area contributed by atoms with Crippen LogP contribution in [-0.4, -0.2) is 39.5 Å². The SMILES string of the molecule is COC(=O)C(C)(O)CSc1nccnc1N. The van der Waals surface area contributed by atoms with Gasteiger partial charge in [0.2, 0.25) is 0 Å². The van der Waals surface area contributed by atoms with Crippen molar-refractivity contribution >= 4 is 23.5 Å². The van der Waals surface area contributed by atoms with Crippen molar-refractivity contribution in [1.29, 1.82) is 0 Å². The Hall–Kier alpha value is -1.34. The number of methoxy groups -OCH3 is 1. The second-order valence-corrected chi connectivity index (χ2v) is 4.26. The van der Waals surface area contributed by atoms with Crippen molar-refractivity contribution in [3.63, 3.8) is 0 Å². The highest BCUT2D eigenvalue weighted by Gasteiger charge is 2.31. The third kappa shape index (κ3) is 3.07. The Balaban J connectivity index is 2.65. The number of aromatic nitrogens is 2. The minimum absolute atomic E-state index is 0.0998. The van der Waals surface area contributed by atoms with Crippen LogP contribution in [-0.2, 0) is 9.53 Å². The topological polar surface area (TPSA) is 98.3 Å².